The van der Waals surface area contributed by atoms with Crippen molar-refractivity contribution in [1.82, 2.24) is 4.90 Å². The van der Waals surface area contributed by atoms with Gasteiger partial charge in [-0.1, -0.05) is 31.9 Å². The van der Waals surface area contributed by atoms with Crippen molar-refractivity contribution >= 4 is 0 Å². The summed E-state index contributed by atoms with van der Waals surface area (Å²) in [5, 5.41) is 0. The standard InChI is InChI=1S/C18H29FN2/c1-3-17-7-5-4-6-12-21(17)18(2,14-20)13-15-8-10-16(19)11-9-15/h8-11,17H,3-7,12-14,20H2,1-2H3. The lowest BCUT2D eigenvalue weighted by Gasteiger charge is -2.45. The van der Waals surface area contributed by atoms with Crippen molar-refractivity contribution in [3.63, 3.8) is 0 Å². The Morgan fingerprint density at radius 2 is 1.95 bits per heavy atom. The summed E-state index contributed by atoms with van der Waals surface area (Å²) in [5.41, 5.74) is 7.30. The highest BCUT2D eigenvalue weighted by molar-refractivity contribution is 5.19. The summed E-state index contributed by atoms with van der Waals surface area (Å²) in [6, 6.07) is 7.50. The lowest BCUT2D eigenvalue weighted by atomic mass is 9.88. The van der Waals surface area contributed by atoms with Gasteiger partial charge in [-0.3, -0.25) is 4.90 Å². The van der Waals surface area contributed by atoms with E-state index in [1.54, 1.807) is 12.1 Å². The molecule has 1 aromatic carbocycles. The number of rotatable bonds is 5. The fraction of sp³-hybridized carbons (Fsp3) is 0.667. The first-order valence-corrected chi connectivity index (χ1v) is 8.30. The van der Waals surface area contributed by atoms with Crippen molar-refractivity contribution in [3.8, 4) is 0 Å². The Bertz CT molecular complexity index is 431. The van der Waals surface area contributed by atoms with Gasteiger partial charge in [-0.25, -0.2) is 4.39 Å². The van der Waals surface area contributed by atoms with Crippen LogP contribution in [0, 0.1) is 5.82 Å². The number of benzene rings is 1. The maximum Gasteiger partial charge on any atom is 0.123 e. The highest BCUT2D eigenvalue weighted by Crippen LogP contribution is 2.29. The molecule has 1 aliphatic heterocycles. The van der Waals surface area contributed by atoms with Crippen molar-refractivity contribution in [2.24, 2.45) is 5.73 Å². The number of nitrogens with two attached hydrogens (primary N) is 1. The van der Waals surface area contributed by atoms with Crippen molar-refractivity contribution in [2.75, 3.05) is 13.1 Å². The molecule has 1 aliphatic rings. The topological polar surface area (TPSA) is 29.3 Å². The molecule has 2 N–H and O–H groups in total. The zero-order valence-electron chi connectivity index (χ0n) is 13.4. The first-order valence-electron chi connectivity index (χ1n) is 8.30. The van der Waals surface area contributed by atoms with Crippen LogP contribution in [0.25, 0.3) is 0 Å². The minimum Gasteiger partial charge on any atom is -0.329 e. The molecule has 1 fully saturated rings. The molecule has 0 bridgehead atoms. The van der Waals surface area contributed by atoms with Gasteiger partial charge in [-0.05, 0) is 56.8 Å². The number of likely N-dealkylation sites (tertiary alicyclic amines) is 1. The van der Waals surface area contributed by atoms with Crippen molar-refractivity contribution in [1.29, 1.82) is 0 Å². The van der Waals surface area contributed by atoms with E-state index in [0.717, 1.165) is 13.0 Å². The molecular formula is C18H29FN2. The second-order valence-corrected chi connectivity index (χ2v) is 6.61. The molecule has 1 heterocycles. The summed E-state index contributed by atoms with van der Waals surface area (Å²) in [7, 11) is 0. The zero-order chi connectivity index (χ0) is 15.3. The first-order chi connectivity index (χ1) is 10.1. The molecule has 0 radical (unpaired) electrons. The van der Waals surface area contributed by atoms with Crippen LogP contribution in [0.1, 0.15) is 51.5 Å². The summed E-state index contributed by atoms with van der Waals surface area (Å²) in [5.74, 6) is -0.172. The first kappa shape index (κ1) is 16.4. The van der Waals surface area contributed by atoms with Gasteiger partial charge in [0.05, 0.1) is 0 Å². The van der Waals surface area contributed by atoms with Gasteiger partial charge >= 0.3 is 0 Å². The average Bonchev–Trinajstić information content (AvgIpc) is 2.75. The summed E-state index contributed by atoms with van der Waals surface area (Å²) in [6.07, 6.45) is 7.25. The van der Waals surface area contributed by atoms with Gasteiger partial charge in [0.15, 0.2) is 0 Å². The number of hydrogen-bond donors (Lipinski definition) is 1. The molecule has 2 unspecified atom stereocenters. The van der Waals surface area contributed by atoms with E-state index in [1.807, 2.05) is 12.1 Å². The number of nitrogens with zero attached hydrogens (tertiary/aromatic N) is 1. The smallest absolute Gasteiger partial charge is 0.123 e. The minimum absolute atomic E-state index is 0.0388. The average molecular weight is 292 g/mol. The third-order valence-corrected chi connectivity index (χ3v) is 4.98. The summed E-state index contributed by atoms with van der Waals surface area (Å²) in [6.45, 7) is 6.32. The third kappa shape index (κ3) is 4.04. The molecule has 2 rings (SSSR count). The Morgan fingerprint density at radius 1 is 1.24 bits per heavy atom. The maximum atomic E-state index is 13.1. The van der Waals surface area contributed by atoms with E-state index in [2.05, 4.69) is 18.7 Å². The number of hydrogen-bond acceptors (Lipinski definition) is 2. The van der Waals surface area contributed by atoms with Crippen LogP contribution in [-0.2, 0) is 6.42 Å². The molecule has 0 amide bonds. The zero-order valence-corrected chi connectivity index (χ0v) is 13.4. The van der Waals surface area contributed by atoms with E-state index in [0.29, 0.717) is 12.6 Å². The molecule has 2 nitrogen and oxygen atoms in total. The van der Waals surface area contributed by atoms with Gasteiger partial charge in [0.1, 0.15) is 5.82 Å². The molecule has 1 saturated heterocycles. The second-order valence-electron chi connectivity index (χ2n) is 6.61. The SMILES string of the molecule is CCC1CCCCCN1C(C)(CN)Cc1ccc(F)cc1. The molecule has 2 atom stereocenters. The van der Waals surface area contributed by atoms with Crippen LogP contribution in [0.4, 0.5) is 4.39 Å². The highest BCUT2D eigenvalue weighted by Gasteiger charge is 2.35. The fourth-order valence-electron chi connectivity index (χ4n) is 3.65. The van der Waals surface area contributed by atoms with Crippen LogP contribution in [0.5, 0.6) is 0 Å². The Kier molecular flexibility index (Phi) is 5.77. The lowest BCUT2D eigenvalue weighted by Crippen LogP contribution is -2.57. The summed E-state index contributed by atoms with van der Waals surface area (Å²) < 4.78 is 13.1. The lowest BCUT2D eigenvalue weighted by molar-refractivity contribution is 0.0609. The highest BCUT2D eigenvalue weighted by atomic mass is 19.1. The normalized spacial score (nSPS) is 23.5. The Labute approximate surface area is 128 Å². The maximum absolute atomic E-state index is 13.1. The van der Waals surface area contributed by atoms with Gasteiger partial charge in [0.2, 0.25) is 0 Å². The van der Waals surface area contributed by atoms with E-state index >= 15 is 0 Å². The van der Waals surface area contributed by atoms with E-state index in [1.165, 1.54) is 37.7 Å². The largest absolute Gasteiger partial charge is 0.329 e. The predicted octanol–water partition coefficient (Wildman–Crippen LogP) is 3.74. The van der Waals surface area contributed by atoms with Crippen molar-refractivity contribution in [3.05, 3.63) is 35.6 Å². The monoisotopic (exact) mass is 292 g/mol. The van der Waals surface area contributed by atoms with Crippen LogP contribution in [-0.4, -0.2) is 29.6 Å². The molecule has 0 aromatic heterocycles. The molecular weight excluding hydrogens is 263 g/mol. The van der Waals surface area contributed by atoms with Crippen LogP contribution >= 0.6 is 0 Å². The van der Waals surface area contributed by atoms with E-state index in [9.17, 15) is 4.39 Å². The molecule has 21 heavy (non-hydrogen) atoms. The molecule has 0 saturated carbocycles. The second kappa shape index (κ2) is 7.37. The van der Waals surface area contributed by atoms with Crippen LogP contribution in [0.3, 0.4) is 0 Å². The minimum atomic E-state index is -0.172. The Hall–Kier alpha value is -0.930. The van der Waals surface area contributed by atoms with E-state index < -0.39 is 0 Å². The quantitative estimate of drug-likeness (QED) is 0.896. The van der Waals surface area contributed by atoms with Gasteiger partial charge in [0, 0.05) is 18.1 Å². The molecule has 0 aliphatic carbocycles. The van der Waals surface area contributed by atoms with Crippen LogP contribution in [0.15, 0.2) is 24.3 Å². The van der Waals surface area contributed by atoms with Crippen molar-refractivity contribution in [2.45, 2.75) is 64.0 Å². The molecule has 0 spiro atoms. The molecule has 3 heteroatoms. The van der Waals surface area contributed by atoms with E-state index in [4.69, 9.17) is 5.73 Å². The summed E-state index contributed by atoms with van der Waals surface area (Å²) in [4.78, 5) is 2.63. The third-order valence-electron chi connectivity index (χ3n) is 4.98. The van der Waals surface area contributed by atoms with E-state index in [-0.39, 0.29) is 11.4 Å². The van der Waals surface area contributed by atoms with Gasteiger partial charge in [-0.2, -0.15) is 0 Å². The Morgan fingerprint density at radius 3 is 2.57 bits per heavy atom. The molecule has 1 aromatic rings. The summed E-state index contributed by atoms with van der Waals surface area (Å²) >= 11 is 0. The fourth-order valence-corrected chi connectivity index (χ4v) is 3.65. The molecule has 118 valence electrons. The van der Waals surface area contributed by atoms with Gasteiger partial charge in [-0.15, -0.1) is 0 Å². The Balaban J connectivity index is 2.19. The van der Waals surface area contributed by atoms with Gasteiger partial charge in [0.25, 0.3) is 0 Å². The van der Waals surface area contributed by atoms with Gasteiger partial charge < -0.3 is 5.73 Å². The predicted molar refractivity (Wildman–Crippen MR) is 86.8 cm³/mol. The van der Waals surface area contributed by atoms with Crippen molar-refractivity contribution < 1.29 is 4.39 Å². The van der Waals surface area contributed by atoms with Crippen LogP contribution in [0.2, 0.25) is 0 Å². The number of halogens is 1. The van der Waals surface area contributed by atoms with Crippen LogP contribution < -0.4 is 5.73 Å².